The van der Waals surface area contributed by atoms with Gasteiger partial charge in [0.1, 0.15) is 0 Å². The third kappa shape index (κ3) is 2.22. The van der Waals surface area contributed by atoms with Crippen LogP contribution in [-0.2, 0) is 0 Å². The van der Waals surface area contributed by atoms with Gasteiger partial charge < -0.3 is 21.5 Å². The molecule has 1 aromatic rings. The second-order valence-electron chi connectivity index (χ2n) is 4.80. The molecule has 1 aliphatic rings. The Bertz CT molecular complexity index is 380. The van der Waals surface area contributed by atoms with Crippen LogP contribution in [0.25, 0.3) is 0 Å². The van der Waals surface area contributed by atoms with Crippen LogP contribution >= 0.6 is 0 Å². The molecule has 1 heterocycles. The van der Waals surface area contributed by atoms with Gasteiger partial charge in [0, 0.05) is 18.8 Å². The van der Waals surface area contributed by atoms with Crippen molar-refractivity contribution in [2.24, 2.45) is 0 Å². The second-order valence-corrected chi connectivity index (χ2v) is 4.80. The van der Waals surface area contributed by atoms with E-state index in [2.05, 4.69) is 4.90 Å². The first kappa shape index (κ1) is 11.1. The topological polar surface area (TPSA) is 75.5 Å². The van der Waals surface area contributed by atoms with E-state index in [-0.39, 0.29) is 0 Å². The van der Waals surface area contributed by atoms with Crippen molar-refractivity contribution in [2.75, 3.05) is 29.5 Å². The van der Waals surface area contributed by atoms with Crippen molar-refractivity contribution >= 4 is 17.1 Å². The van der Waals surface area contributed by atoms with Crippen molar-refractivity contribution in [1.29, 1.82) is 0 Å². The first-order valence-electron chi connectivity index (χ1n) is 5.60. The van der Waals surface area contributed by atoms with Crippen LogP contribution in [0.1, 0.15) is 19.8 Å². The Morgan fingerprint density at radius 3 is 2.38 bits per heavy atom. The molecule has 1 fully saturated rings. The summed E-state index contributed by atoms with van der Waals surface area (Å²) in [5, 5.41) is 9.87. The average Bonchev–Trinajstić information content (AvgIpc) is 2.22. The maximum absolute atomic E-state index is 9.87. The van der Waals surface area contributed by atoms with Gasteiger partial charge in [0.2, 0.25) is 0 Å². The second kappa shape index (κ2) is 3.87. The molecule has 0 atom stereocenters. The van der Waals surface area contributed by atoms with Gasteiger partial charge in [-0.3, -0.25) is 0 Å². The summed E-state index contributed by atoms with van der Waals surface area (Å²) in [4.78, 5) is 2.23. The van der Waals surface area contributed by atoms with Crippen molar-refractivity contribution in [1.82, 2.24) is 0 Å². The Labute approximate surface area is 95.8 Å². The molecular formula is C12H19N3O. The van der Waals surface area contributed by atoms with Crippen LogP contribution in [0.3, 0.4) is 0 Å². The molecule has 1 aliphatic heterocycles. The SMILES string of the molecule is CC1(O)CCN(c2ccc(N)c(N)c2)CC1. The minimum absolute atomic E-state index is 0.518. The molecule has 4 heteroatoms. The van der Waals surface area contributed by atoms with E-state index < -0.39 is 5.60 Å². The number of aliphatic hydroxyl groups is 1. The predicted molar refractivity (Wildman–Crippen MR) is 67.3 cm³/mol. The molecule has 0 radical (unpaired) electrons. The Morgan fingerprint density at radius 2 is 1.81 bits per heavy atom. The minimum Gasteiger partial charge on any atom is -0.397 e. The highest BCUT2D eigenvalue weighted by atomic mass is 16.3. The lowest BCUT2D eigenvalue weighted by atomic mass is 9.93. The molecule has 2 rings (SSSR count). The Kier molecular flexibility index (Phi) is 2.68. The molecular weight excluding hydrogens is 202 g/mol. The van der Waals surface area contributed by atoms with Crippen molar-refractivity contribution in [2.45, 2.75) is 25.4 Å². The number of piperidine rings is 1. The van der Waals surface area contributed by atoms with E-state index in [0.717, 1.165) is 31.6 Å². The highest BCUT2D eigenvalue weighted by Gasteiger charge is 2.27. The van der Waals surface area contributed by atoms with Crippen molar-refractivity contribution in [3.05, 3.63) is 18.2 Å². The van der Waals surface area contributed by atoms with Crippen LogP contribution in [0.2, 0.25) is 0 Å². The quantitative estimate of drug-likeness (QED) is 0.623. The number of rotatable bonds is 1. The van der Waals surface area contributed by atoms with E-state index in [0.29, 0.717) is 11.4 Å². The zero-order valence-electron chi connectivity index (χ0n) is 9.61. The van der Waals surface area contributed by atoms with Gasteiger partial charge in [0.25, 0.3) is 0 Å². The molecule has 1 aromatic carbocycles. The number of benzene rings is 1. The Morgan fingerprint density at radius 1 is 1.19 bits per heavy atom. The van der Waals surface area contributed by atoms with Crippen molar-refractivity contribution < 1.29 is 5.11 Å². The molecule has 5 N–H and O–H groups in total. The third-order valence-electron chi connectivity index (χ3n) is 3.28. The molecule has 0 bridgehead atoms. The lowest BCUT2D eigenvalue weighted by Gasteiger charge is -2.37. The first-order chi connectivity index (χ1) is 7.48. The van der Waals surface area contributed by atoms with Gasteiger partial charge in [0.15, 0.2) is 0 Å². The third-order valence-corrected chi connectivity index (χ3v) is 3.28. The smallest absolute Gasteiger partial charge is 0.0653 e. The van der Waals surface area contributed by atoms with Crippen molar-refractivity contribution in [3.8, 4) is 0 Å². The van der Waals surface area contributed by atoms with E-state index in [4.69, 9.17) is 11.5 Å². The van der Waals surface area contributed by atoms with E-state index in [1.165, 1.54) is 0 Å². The van der Waals surface area contributed by atoms with Crippen LogP contribution in [0, 0.1) is 0 Å². The maximum atomic E-state index is 9.87. The molecule has 1 saturated heterocycles. The fourth-order valence-electron chi connectivity index (χ4n) is 2.01. The van der Waals surface area contributed by atoms with Gasteiger partial charge in [0.05, 0.1) is 17.0 Å². The fourth-order valence-corrected chi connectivity index (χ4v) is 2.01. The van der Waals surface area contributed by atoms with Gasteiger partial charge in [-0.05, 0) is 38.0 Å². The standard InChI is InChI=1S/C12H19N3O/c1-12(16)4-6-15(7-5-12)9-2-3-10(13)11(14)8-9/h2-3,8,16H,4-7,13-14H2,1H3. The number of nitrogen functional groups attached to an aromatic ring is 2. The van der Waals surface area contributed by atoms with E-state index >= 15 is 0 Å². The predicted octanol–water partition coefficient (Wildman–Crippen LogP) is 1.20. The molecule has 0 aromatic heterocycles. The number of nitrogens with zero attached hydrogens (tertiary/aromatic N) is 1. The van der Waals surface area contributed by atoms with Crippen LogP contribution < -0.4 is 16.4 Å². The summed E-state index contributed by atoms with van der Waals surface area (Å²) in [5.41, 5.74) is 13.3. The first-order valence-corrected chi connectivity index (χ1v) is 5.60. The Hall–Kier alpha value is -1.42. The molecule has 0 saturated carbocycles. The van der Waals surface area contributed by atoms with E-state index in [1.807, 2.05) is 25.1 Å². The molecule has 4 nitrogen and oxygen atoms in total. The summed E-state index contributed by atoms with van der Waals surface area (Å²) in [6.07, 6.45) is 1.58. The summed E-state index contributed by atoms with van der Waals surface area (Å²) in [6, 6.07) is 5.71. The van der Waals surface area contributed by atoms with Crippen LogP contribution in [0.4, 0.5) is 17.1 Å². The molecule has 0 spiro atoms. The molecule has 16 heavy (non-hydrogen) atoms. The number of hydrogen-bond acceptors (Lipinski definition) is 4. The summed E-state index contributed by atoms with van der Waals surface area (Å²) in [7, 11) is 0. The minimum atomic E-state index is -0.518. The van der Waals surface area contributed by atoms with Gasteiger partial charge >= 0.3 is 0 Å². The summed E-state index contributed by atoms with van der Waals surface area (Å²) >= 11 is 0. The summed E-state index contributed by atoms with van der Waals surface area (Å²) in [5.74, 6) is 0. The van der Waals surface area contributed by atoms with Crippen molar-refractivity contribution in [3.63, 3.8) is 0 Å². The Balaban J connectivity index is 2.11. The molecule has 88 valence electrons. The zero-order valence-corrected chi connectivity index (χ0v) is 9.61. The van der Waals surface area contributed by atoms with Crippen LogP contribution in [-0.4, -0.2) is 23.8 Å². The van der Waals surface area contributed by atoms with Gasteiger partial charge in [-0.15, -0.1) is 0 Å². The lowest BCUT2D eigenvalue weighted by Crippen LogP contribution is -2.42. The average molecular weight is 221 g/mol. The number of hydrogen-bond donors (Lipinski definition) is 3. The van der Waals surface area contributed by atoms with E-state index in [9.17, 15) is 5.11 Å². The van der Waals surface area contributed by atoms with Gasteiger partial charge in [-0.1, -0.05) is 0 Å². The maximum Gasteiger partial charge on any atom is 0.0653 e. The zero-order chi connectivity index (χ0) is 11.8. The van der Waals surface area contributed by atoms with Gasteiger partial charge in [-0.25, -0.2) is 0 Å². The molecule has 0 aliphatic carbocycles. The summed E-state index contributed by atoms with van der Waals surface area (Å²) < 4.78 is 0. The number of nitrogens with two attached hydrogens (primary N) is 2. The monoisotopic (exact) mass is 221 g/mol. The summed E-state index contributed by atoms with van der Waals surface area (Å²) in [6.45, 7) is 3.61. The lowest BCUT2D eigenvalue weighted by molar-refractivity contribution is 0.0351. The highest BCUT2D eigenvalue weighted by Crippen LogP contribution is 2.28. The number of anilines is 3. The van der Waals surface area contributed by atoms with Crippen LogP contribution in [0.5, 0.6) is 0 Å². The molecule has 0 amide bonds. The van der Waals surface area contributed by atoms with Gasteiger partial charge in [-0.2, -0.15) is 0 Å². The highest BCUT2D eigenvalue weighted by molar-refractivity contribution is 5.69. The normalized spacial score (nSPS) is 19.8. The molecule has 0 unspecified atom stereocenters. The van der Waals surface area contributed by atoms with Crippen LogP contribution in [0.15, 0.2) is 18.2 Å². The van der Waals surface area contributed by atoms with E-state index in [1.54, 1.807) is 0 Å². The largest absolute Gasteiger partial charge is 0.397 e. The fraction of sp³-hybridized carbons (Fsp3) is 0.500.